The molecule has 1 aromatic heterocycles. The Kier molecular flexibility index (Phi) is 2.40. The molecule has 2 heterocycles. The van der Waals surface area contributed by atoms with Gasteiger partial charge in [0.1, 0.15) is 11.6 Å². The van der Waals surface area contributed by atoms with Gasteiger partial charge < -0.3 is 10.6 Å². The average molecular weight is 226 g/mol. The minimum Gasteiger partial charge on any atom is -0.382 e. The lowest BCUT2D eigenvalue weighted by molar-refractivity contribution is 0.719. The number of fused-ring (bicyclic) bond motifs is 1. The molecule has 1 aliphatic rings. The molecule has 86 valence electrons. The topological polar surface area (TPSA) is 55.0 Å². The van der Waals surface area contributed by atoms with Crippen LogP contribution in [0.1, 0.15) is 11.1 Å². The van der Waals surface area contributed by atoms with Gasteiger partial charge in [-0.1, -0.05) is 24.3 Å². The van der Waals surface area contributed by atoms with E-state index in [2.05, 4.69) is 39.1 Å². The number of aromatic nitrogens is 2. The fraction of sp³-hybridized carbons (Fsp3) is 0.231. The van der Waals surface area contributed by atoms with E-state index in [1.165, 1.54) is 11.1 Å². The van der Waals surface area contributed by atoms with E-state index in [1.807, 2.05) is 0 Å². The molecule has 0 bridgehead atoms. The van der Waals surface area contributed by atoms with Crippen LogP contribution in [-0.4, -0.2) is 16.5 Å². The number of hydrogen-bond acceptors (Lipinski definition) is 4. The maximum atomic E-state index is 5.66. The quantitative estimate of drug-likeness (QED) is 0.802. The molecule has 1 aromatic carbocycles. The summed E-state index contributed by atoms with van der Waals surface area (Å²) >= 11 is 0. The van der Waals surface area contributed by atoms with E-state index in [9.17, 15) is 0 Å². The fourth-order valence-electron chi connectivity index (χ4n) is 2.21. The SMILES string of the molecule is Nc1cncc(N2CCc3ccccc3C2)n1. The first kappa shape index (κ1) is 10.1. The molecule has 4 heteroatoms. The van der Waals surface area contributed by atoms with Crippen LogP contribution < -0.4 is 10.6 Å². The first-order valence-electron chi connectivity index (χ1n) is 5.72. The Morgan fingerprint density at radius 2 is 1.94 bits per heavy atom. The van der Waals surface area contributed by atoms with Gasteiger partial charge in [-0.05, 0) is 17.5 Å². The number of anilines is 2. The molecule has 2 aromatic rings. The van der Waals surface area contributed by atoms with Crippen molar-refractivity contribution in [1.29, 1.82) is 0 Å². The molecule has 1 aliphatic heterocycles. The van der Waals surface area contributed by atoms with Gasteiger partial charge in [-0.3, -0.25) is 4.98 Å². The predicted octanol–water partition coefficient (Wildman–Crippen LogP) is 1.62. The smallest absolute Gasteiger partial charge is 0.149 e. The van der Waals surface area contributed by atoms with Gasteiger partial charge in [0.05, 0.1) is 12.4 Å². The van der Waals surface area contributed by atoms with Crippen molar-refractivity contribution in [2.24, 2.45) is 0 Å². The summed E-state index contributed by atoms with van der Waals surface area (Å²) < 4.78 is 0. The summed E-state index contributed by atoms with van der Waals surface area (Å²) in [5, 5.41) is 0. The van der Waals surface area contributed by atoms with Crippen LogP contribution in [0.2, 0.25) is 0 Å². The molecule has 0 aliphatic carbocycles. The van der Waals surface area contributed by atoms with Crippen LogP contribution >= 0.6 is 0 Å². The molecule has 0 saturated heterocycles. The number of nitrogens with zero attached hydrogens (tertiary/aromatic N) is 3. The Bertz CT molecular complexity index is 538. The molecule has 3 rings (SSSR count). The second-order valence-electron chi connectivity index (χ2n) is 4.24. The van der Waals surface area contributed by atoms with Crippen molar-refractivity contribution in [3.8, 4) is 0 Å². The molecule has 2 N–H and O–H groups in total. The van der Waals surface area contributed by atoms with Gasteiger partial charge in [-0.15, -0.1) is 0 Å². The zero-order valence-corrected chi connectivity index (χ0v) is 9.50. The van der Waals surface area contributed by atoms with Crippen molar-refractivity contribution in [3.63, 3.8) is 0 Å². The number of benzene rings is 1. The Balaban J connectivity index is 1.89. The Hall–Kier alpha value is -2.10. The molecule has 0 saturated carbocycles. The summed E-state index contributed by atoms with van der Waals surface area (Å²) in [6, 6.07) is 8.53. The van der Waals surface area contributed by atoms with Crippen LogP contribution in [0.4, 0.5) is 11.6 Å². The highest BCUT2D eigenvalue weighted by Crippen LogP contribution is 2.22. The van der Waals surface area contributed by atoms with Crippen LogP contribution in [0.5, 0.6) is 0 Å². The molecule has 0 amide bonds. The third kappa shape index (κ3) is 1.93. The summed E-state index contributed by atoms with van der Waals surface area (Å²) in [6.07, 6.45) is 4.39. The van der Waals surface area contributed by atoms with E-state index < -0.39 is 0 Å². The molecule has 0 unspecified atom stereocenters. The van der Waals surface area contributed by atoms with Crippen molar-refractivity contribution in [1.82, 2.24) is 9.97 Å². The van der Waals surface area contributed by atoms with E-state index in [0.717, 1.165) is 25.3 Å². The van der Waals surface area contributed by atoms with Gasteiger partial charge in [0.2, 0.25) is 0 Å². The van der Waals surface area contributed by atoms with E-state index >= 15 is 0 Å². The Morgan fingerprint density at radius 3 is 2.76 bits per heavy atom. The summed E-state index contributed by atoms with van der Waals surface area (Å²) in [5.74, 6) is 1.33. The average Bonchev–Trinajstić information content (AvgIpc) is 2.38. The van der Waals surface area contributed by atoms with Crippen LogP contribution in [-0.2, 0) is 13.0 Å². The minimum absolute atomic E-state index is 0.473. The Morgan fingerprint density at radius 1 is 1.12 bits per heavy atom. The van der Waals surface area contributed by atoms with Gasteiger partial charge in [-0.2, -0.15) is 0 Å². The van der Waals surface area contributed by atoms with Gasteiger partial charge in [0.15, 0.2) is 0 Å². The van der Waals surface area contributed by atoms with Gasteiger partial charge in [-0.25, -0.2) is 4.98 Å². The van der Waals surface area contributed by atoms with Crippen molar-refractivity contribution >= 4 is 11.6 Å². The van der Waals surface area contributed by atoms with Crippen molar-refractivity contribution in [3.05, 3.63) is 47.8 Å². The van der Waals surface area contributed by atoms with Gasteiger partial charge >= 0.3 is 0 Å². The summed E-state index contributed by atoms with van der Waals surface area (Å²) in [5.41, 5.74) is 8.45. The highest BCUT2D eigenvalue weighted by molar-refractivity contribution is 5.45. The molecule has 0 fully saturated rings. The molecule has 0 radical (unpaired) electrons. The summed E-state index contributed by atoms with van der Waals surface area (Å²) in [7, 11) is 0. The molecule has 4 nitrogen and oxygen atoms in total. The largest absolute Gasteiger partial charge is 0.382 e. The highest BCUT2D eigenvalue weighted by atomic mass is 15.2. The Labute approximate surface area is 100 Å². The second-order valence-corrected chi connectivity index (χ2v) is 4.24. The van der Waals surface area contributed by atoms with Crippen molar-refractivity contribution in [2.75, 3.05) is 17.2 Å². The summed E-state index contributed by atoms with van der Waals surface area (Å²) in [4.78, 5) is 10.6. The zero-order valence-electron chi connectivity index (χ0n) is 9.50. The maximum Gasteiger partial charge on any atom is 0.149 e. The lowest BCUT2D eigenvalue weighted by Crippen LogP contribution is -2.31. The highest BCUT2D eigenvalue weighted by Gasteiger charge is 2.17. The second kappa shape index (κ2) is 4.05. The van der Waals surface area contributed by atoms with Crippen LogP contribution in [0.25, 0.3) is 0 Å². The molecule has 17 heavy (non-hydrogen) atoms. The molecular formula is C13H14N4. The van der Waals surface area contributed by atoms with E-state index in [4.69, 9.17) is 5.73 Å². The normalized spacial score (nSPS) is 14.5. The van der Waals surface area contributed by atoms with Gasteiger partial charge in [0, 0.05) is 13.1 Å². The number of hydrogen-bond donors (Lipinski definition) is 1. The maximum absolute atomic E-state index is 5.66. The predicted molar refractivity (Wildman–Crippen MR) is 67.6 cm³/mol. The zero-order chi connectivity index (χ0) is 11.7. The number of nitrogens with two attached hydrogens (primary N) is 1. The third-order valence-corrected chi connectivity index (χ3v) is 3.10. The molecular weight excluding hydrogens is 212 g/mol. The van der Waals surface area contributed by atoms with E-state index in [1.54, 1.807) is 12.4 Å². The van der Waals surface area contributed by atoms with Crippen molar-refractivity contribution in [2.45, 2.75) is 13.0 Å². The third-order valence-electron chi connectivity index (χ3n) is 3.10. The molecule has 0 spiro atoms. The van der Waals surface area contributed by atoms with Crippen LogP contribution in [0.15, 0.2) is 36.7 Å². The monoisotopic (exact) mass is 226 g/mol. The standard InChI is InChI=1S/C13H14N4/c14-12-7-15-8-13(16-12)17-6-5-10-3-1-2-4-11(10)9-17/h1-4,7-8H,5-6,9H2,(H2,14,16). The van der Waals surface area contributed by atoms with Gasteiger partial charge in [0.25, 0.3) is 0 Å². The number of nitrogen functional groups attached to an aromatic ring is 1. The first-order valence-corrected chi connectivity index (χ1v) is 5.72. The van der Waals surface area contributed by atoms with E-state index in [0.29, 0.717) is 5.82 Å². The first-order chi connectivity index (χ1) is 8.33. The van der Waals surface area contributed by atoms with E-state index in [-0.39, 0.29) is 0 Å². The molecule has 0 atom stereocenters. The fourth-order valence-corrected chi connectivity index (χ4v) is 2.21. The minimum atomic E-state index is 0.473. The van der Waals surface area contributed by atoms with Crippen molar-refractivity contribution < 1.29 is 0 Å². The lowest BCUT2D eigenvalue weighted by Gasteiger charge is -2.29. The summed E-state index contributed by atoms with van der Waals surface area (Å²) in [6.45, 7) is 1.85. The number of rotatable bonds is 1. The van der Waals surface area contributed by atoms with Crippen LogP contribution in [0, 0.1) is 0 Å². The lowest BCUT2D eigenvalue weighted by atomic mass is 10.0. The van der Waals surface area contributed by atoms with Crippen LogP contribution in [0.3, 0.4) is 0 Å².